The van der Waals surface area contributed by atoms with E-state index in [1.54, 1.807) is 0 Å². The van der Waals surface area contributed by atoms with Crippen LogP contribution in [0.15, 0.2) is 16.8 Å². The summed E-state index contributed by atoms with van der Waals surface area (Å²) in [4.78, 5) is 4.11. The Hall–Kier alpha value is -0.110. The van der Waals surface area contributed by atoms with Crippen LogP contribution in [0.3, 0.4) is 0 Å². The predicted molar refractivity (Wildman–Crippen MR) is 48.8 cm³/mol. The average Bonchev–Trinajstić information content (AvgIpc) is 1.88. The zero-order valence-electron chi connectivity index (χ0n) is 6.39. The van der Waals surface area contributed by atoms with E-state index in [0.29, 0.717) is 0 Å². The minimum Gasteiger partial charge on any atom is -0.269 e. The predicted octanol–water partition coefficient (Wildman–Crippen LogP) is 2.91. The molecule has 0 aromatic heterocycles. The zero-order valence-corrected chi connectivity index (χ0v) is 7.98. The van der Waals surface area contributed by atoms with Crippen LogP contribution in [0.2, 0.25) is 0 Å². The Morgan fingerprint density at radius 3 is 2.60 bits per heavy atom. The van der Waals surface area contributed by atoms with Gasteiger partial charge in [-0.25, -0.2) is 0 Å². The van der Waals surface area contributed by atoms with Gasteiger partial charge in [0.1, 0.15) is 0 Å². The molecule has 0 spiro atoms. The Balaban J connectivity index is 2.72. The fourth-order valence-corrected chi connectivity index (χ4v) is 1.25. The van der Waals surface area contributed by atoms with Crippen molar-refractivity contribution in [3.05, 3.63) is 11.8 Å². The Bertz CT molecular complexity index is 174. The van der Waals surface area contributed by atoms with Crippen LogP contribution in [-0.2, 0) is 0 Å². The smallest absolute Gasteiger partial charge is 0.0427 e. The molecule has 0 aromatic carbocycles. The molecule has 0 atom stereocenters. The highest BCUT2D eigenvalue weighted by Gasteiger charge is 2.19. The molecule has 1 nitrogen and oxygen atoms in total. The van der Waals surface area contributed by atoms with Crippen LogP contribution in [0.1, 0.15) is 26.7 Å². The second-order valence-electron chi connectivity index (χ2n) is 3.00. The zero-order chi connectivity index (χ0) is 7.61. The molecule has 0 unspecified atom stereocenters. The van der Waals surface area contributed by atoms with Crippen molar-refractivity contribution < 1.29 is 0 Å². The maximum atomic E-state index is 4.11. The minimum atomic E-state index is 0.130. The lowest BCUT2D eigenvalue weighted by Gasteiger charge is -2.21. The summed E-state index contributed by atoms with van der Waals surface area (Å²) < 4.78 is 0.130. The Morgan fingerprint density at radius 1 is 1.60 bits per heavy atom. The van der Waals surface area contributed by atoms with E-state index in [-0.39, 0.29) is 4.32 Å². The maximum absolute atomic E-state index is 4.11. The third-order valence-electron chi connectivity index (χ3n) is 1.64. The molecule has 1 aliphatic rings. The summed E-state index contributed by atoms with van der Waals surface area (Å²) in [5, 5.41) is 0. The van der Waals surface area contributed by atoms with Gasteiger partial charge >= 0.3 is 0 Å². The van der Waals surface area contributed by atoms with Crippen molar-refractivity contribution in [1.82, 2.24) is 0 Å². The number of halogens is 1. The normalized spacial score (nSPS) is 18.9. The summed E-state index contributed by atoms with van der Waals surface area (Å²) in [6.45, 7) is 4.30. The minimum absolute atomic E-state index is 0.130. The SMILES string of the molecule is CC(C)(Br)C1=CN=CCC1. The topological polar surface area (TPSA) is 12.4 Å². The molecule has 1 heterocycles. The van der Waals surface area contributed by atoms with Gasteiger partial charge in [0.15, 0.2) is 0 Å². The highest BCUT2D eigenvalue weighted by Crippen LogP contribution is 2.30. The molecule has 0 radical (unpaired) electrons. The van der Waals surface area contributed by atoms with Gasteiger partial charge in [0, 0.05) is 16.7 Å². The highest BCUT2D eigenvalue weighted by molar-refractivity contribution is 9.10. The summed E-state index contributed by atoms with van der Waals surface area (Å²) in [5.74, 6) is 0. The first-order valence-corrected chi connectivity index (χ1v) is 4.30. The largest absolute Gasteiger partial charge is 0.269 e. The molecule has 0 amide bonds. The summed E-state index contributed by atoms with van der Waals surface area (Å²) >= 11 is 3.60. The number of nitrogens with zero attached hydrogens (tertiary/aromatic N) is 1. The van der Waals surface area contributed by atoms with E-state index in [4.69, 9.17) is 0 Å². The molecule has 1 rings (SSSR count). The van der Waals surface area contributed by atoms with Crippen LogP contribution in [0.5, 0.6) is 0 Å². The fourth-order valence-electron chi connectivity index (χ4n) is 0.953. The molecule has 0 aromatic rings. The van der Waals surface area contributed by atoms with Gasteiger partial charge in [0.25, 0.3) is 0 Å². The Kier molecular flexibility index (Phi) is 2.29. The van der Waals surface area contributed by atoms with Crippen LogP contribution >= 0.6 is 15.9 Å². The lowest BCUT2D eigenvalue weighted by atomic mass is 9.98. The van der Waals surface area contributed by atoms with E-state index >= 15 is 0 Å². The molecular formula is C8H12BrN. The van der Waals surface area contributed by atoms with Gasteiger partial charge in [0.05, 0.1) is 0 Å². The number of hydrogen-bond donors (Lipinski definition) is 0. The van der Waals surface area contributed by atoms with E-state index in [2.05, 4.69) is 34.8 Å². The summed E-state index contributed by atoms with van der Waals surface area (Å²) in [6, 6.07) is 0. The van der Waals surface area contributed by atoms with Gasteiger partial charge in [-0.1, -0.05) is 15.9 Å². The third kappa shape index (κ3) is 1.94. The second-order valence-corrected chi connectivity index (χ2v) is 4.98. The number of alkyl halides is 1. The van der Waals surface area contributed by atoms with Crippen molar-refractivity contribution in [2.75, 3.05) is 0 Å². The van der Waals surface area contributed by atoms with Gasteiger partial charge in [-0.2, -0.15) is 0 Å². The fraction of sp³-hybridized carbons (Fsp3) is 0.625. The number of allylic oxidation sites excluding steroid dienone is 1. The number of hydrogen-bond acceptors (Lipinski definition) is 1. The van der Waals surface area contributed by atoms with E-state index in [1.165, 1.54) is 5.57 Å². The monoisotopic (exact) mass is 201 g/mol. The molecule has 0 saturated heterocycles. The summed E-state index contributed by atoms with van der Waals surface area (Å²) in [6.07, 6.45) is 6.14. The van der Waals surface area contributed by atoms with Crippen LogP contribution in [-0.4, -0.2) is 10.5 Å². The molecule has 0 fully saturated rings. The van der Waals surface area contributed by atoms with Gasteiger partial charge in [-0.05, 0) is 32.3 Å². The molecule has 10 heavy (non-hydrogen) atoms. The second kappa shape index (κ2) is 2.87. The third-order valence-corrected chi connectivity index (χ3v) is 2.15. The first kappa shape index (κ1) is 7.99. The summed E-state index contributed by atoms with van der Waals surface area (Å²) in [5.41, 5.74) is 1.38. The Morgan fingerprint density at radius 2 is 2.30 bits per heavy atom. The van der Waals surface area contributed by atoms with Crippen molar-refractivity contribution >= 4 is 22.1 Å². The van der Waals surface area contributed by atoms with Crippen LogP contribution in [0.25, 0.3) is 0 Å². The lowest BCUT2D eigenvalue weighted by molar-refractivity contribution is 0.778. The van der Waals surface area contributed by atoms with E-state index in [1.807, 2.05) is 12.4 Å². The van der Waals surface area contributed by atoms with Crippen molar-refractivity contribution in [2.24, 2.45) is 4.99 Å². The van der Waals surface area contributed by atoms with Gasteiger partial charge in [-0.3, -0.25) is 4.99 Å². The Labute approximate surface area is 70.4 Å². The molecule has 0 aliphatic carbocycles. The molecular weight excluding hydrogens is 190 g/mol. The first-order chi connectivity index (χ1) is 4.61. The van der Waals surface area contributed by atoms with Gasteiger partial charge < -0.3 is 0 Å². The lowest BCUT2D eigenvalue weighted by Crippen LogP contribution is -2.14. The van der Waals surface area contributed by atoms with Crippen molar-refractivity contribution in [1.29, 1.82) is 0 Å². The van der Waals surface area contributed by atoms with E-state index < -0.39 is 0 Å². The molecule has 1 aliphatic heterocycles. The van der Waals surface area contributed by atoms with Crippen LogP contribution < -0.4 is 0 Å². The summed E-state index contributed by atoms with van der Waals surface area (Å²) in [7, 11) is 0. The van der Waals surface area contributed by atoms with Crippen LogP contribution in [0.4, 0.5) is 0 Å². The van der Waals surface area contributed by atoms with Gasteiger partial charge in [-0.15, -0.1) is 0 Å². The highest BCUT2D eigenvalue weighted by atomic mass is 79.9. The molecule has 56 valence electrons. The number of aliphatic imine (C=N–C) groups is 1. The van der Waals surface area contributed by atoms with Gasteiger partial charge in [0.2, 0.25) is 0 Å². The maximum Gasteiger partial charge on any atom is 0.0427 e. The molecule has 0 N–H and O–H groups in total. The quantitative estimate of drug-likeness (QED) is 0.579. The van der Waals surface area contributed by atoms with Crippen molar-refractivity contribution in [2.45, 2.75) is 31.0 Å². The molecule has 0 saturated carbocycles. The van der Waals surface area contributed by atoms with E-state index in [9.17, 15) is 0 Å². The molecule has 2 heteroatoms. The van der Waals surface area contributed by atoms with Crippen molar-refractivity contribution in [3.8, 4) is 0 Å². The number of rotatable bonds is 1. The average molecular weight is 202 g/mol. The molecule has 0 bridgehead atoms. The van der Waals surface area contributed by atoms with Crippen molar-refractivity contribution in [3.63, 3.8) is 0 Å². The first-order valence-electron chi connectivity index (χ1n) is 3.51. The van der Waals surface area contributed by atoms with E-state index in [0.717, 1.165) is 12.8 Å². The van der Waals surface area contributed by atoms with Crippen LogP contribution in [0, 0.1) is 0 Å². The standard InChI is InChI=1S/C8H12BrN/c1-8(2,9)7-4-3-5-10-6-7/h5-6H,3-4H2,1-2H3.